The summed E-state index contributed by atoms with van der Waals surface area (Å²) in [6, 6.07) is 4.20. The number of aliphatic hydroxyl groups excluding tert-OH is 1. The van der Waals surface area contributed by atoms with Crippen molar-refractivity contribution in [3.8, 4) is 0 Å². The third kappa shape index (κ3) is 4.22. The number of sulfone groups is 1. The average molecular weight is 287 g/mol. The number of aliphatic hydroxyl groups is 1. The molecule has 0 radical (unpaired) electrons. The Hall–Kier alpha value is -1.60. The number of rotatable bonds is 5. The molecule has 1 aromatic rings. The molecule has 0 heterocycles. The predicted octanol–water partition coefficient (Wildman–Crippen LogP) is 0.669. The van der Waals surface area contributed by atoms with Crippen LogP contribution in [0, 0.1) is 0 Å². The van der Waals surface area contributed by atoms with Crippen molar-refractivity contribution in [2.75, 3.05) is 25.2 Å². The van der Waals surface area contributed by atoms with E-state index in [0.29, 0.717) is 5.69 Å². The molecule has 0 saturated heterocycles. The second-order valence-electron chi connectivity index (χ2n) is 4.20. The van der Waals surface area contributed by atoms with Crippen molar-refractivity contribution in [2.24, 2.45) is 0 Å². The largest absolute Gasteiger partial charge is 0.465 e. The molecule has 7 heteroatoms. The lowest BCUT2D eigenvalue weighted by atomic mass is 10.2. The molecule has 1 aromatic carbocycles. The van der Waals surface area contributed by atoms with Crippen LogP contribution in [0.3, 0.4) is 0 Å². The molecule has 19 heavy (non-hydrogen) atoms. The minimum Gasteiger partial charge on any atom is -0.465 e. The van der Waals surface area contributed by atoms with E-state index in [2.05, 4.69) is 10.1 Å². The van der Waals surface area contributed by atoms with Crippen LogP contribution in [0.1, 0.15) is 17.3 Å². The third-order valence-electron chi connectivity index (χ3n) is 2.39. The molecule has 0 bridgehead atoms. The molecule has 0 saturated carbocycles. The fraction of sp³-hybridized carbons (Fsp3) is 0.417. The van der Waals surface area contributed by atoms with Crippen LogP contribution in [-0.4, -0.2) is 45.5 Å². The molecule has 0 aliphatic heterocycles. The molecule has 0 aromatic heterocycles. The van der Waals surface area contributed by atoms with Crippen molar-refractivity contribution < 1.29 is 23.1 Å². The molecular weight excluding hydrogens is 270 g/mol. The van der Waals surface area contributed by atoms with E-state index in [-0.39, 0.29) is 17.0 Å². The number of carbonyl (C=O) groups is 1. The van der Waals surface area contributed by atoms with Gasteiger partial charge in [-0.1, -0.05) is 0 Å². The molecular formula is C12H17NO5S. The summed E-state index contributed by atoms with van der Waals surface area (Å²) in [5.41, 5.74) is 0.501. The minimum atomic E-state index is -3.50. The van der Waals surface area contributed by atoms with Crippen molar-refractivity contribution in [3.63, 3.8) is 0 Å². The number of ether oxygens (including phenoxy) is 1. The zero-order valence-corrected chi connectivity index (χ0v) is 11.8. The van der Waals surface area contributed by atoms with Crippen molar-refractivity contribution >= 4 is 21.5 Å². The zero-order valence-electron chi connectivity index (χ0n) is 11.0. The number of nitrogens with one attached hydrogen (secondary N) is 1. The van der Waals surface area contributed by atoms with Crippen molar-refractivity contribution in [3.05, 3.63) is 23.8 Å². The zero-order chi connectivity index (χ0) is 14.6. The van der Waals surface area contributed by atoms with Gasteiger partial charge in [-0.15, -0.1) is 0 Å². The Morgan fingerprint density at radius 3 is 2.58 bits per heavy atom. The van der Waals surface area contributed by atoms with Gasteiger partial charge in [0.1, 0.15) is 0 Å². The maximum atomic E-state index is 11.7. The Morgan fingerprint density at radius 1 is 1.47 bits per heavy atom. The third-order valence-corrected chi connectivity index (χ3v) is 3.53. The Bertz CT molecular complexity index is 565. The highest BCUT2D eigenvalue weighted by Gasteiger charge is 2.17. The number of esters is 1. The van der Waals surface area contributed by atoms with E-state index >= 15 is 0 Å². The lowest BCUT2D eigenvalue weighted by molar-refractivity contribution is 0.0600. The summed E-state index contributed by atoms with van der Waals surface area (Å²) in [7, 11) is -2.27. The molecule has 0 amide bonds. The van der Waals surface area contributed by atoms with E-state index in [1.807, 2.05) is 0 Å². The lowest BCUT2D eigenvalue weighted by Crippen LogP contribution is -2.17. The van der Waals surface area contributed by atoms with Gasteiger partial charge in [-0.3, -0.25) is 0 Å². The molecule has 6 nitrogen and oxygen atoms in total. The van der Waals surface area contributed by atoms with Gasteiger partial charge in [0.2, 0.25) is 0 Å². The van der Waals surface area contributed by atoms with Crippen LogP contribution in [0.5, 0.6) is 0 Å². The standard InChI is InChI=1S/C12H17NO5S/c1-8(14)7-13-10-5-4-9(12(15)18-2)6-11(10)19(3,16)17/h4-6,8,13-14H,7H2,1-3H3/t8-/m0/s1. The smallest absolute Gasteiger partial charge is 0.337 e. The predicted molar refractivity (Wildman–Crippen MR) is 71.1 cm³/mol. The molecule has 0 spiro atoms. The second kappa shape index (κ2) is 6.03. The molecule has 2 N–H and O–H groups in total. The Morgan fingerprint density at radius 2 is 2.11 bits per heavy atom. The fourth-order valence-electron chi connectivity index (χ4n) is 1.48. The Labute approximate surface area is 112 Å². The highest BCUT2D eigenvalue weighted by atomic mass is 32.2. The van der Waals surface area contributed by atoms with Gasteiger partial charge in [0.05, 0.1) is 29.4 Å². The van der Waals surface area contributed by atoms with Crippen LogP contribution in [-0.2, 0) is 14.6 Å². The van der Waals surface area contributed by atoms with E-state index in [4.69, 9.17) is 0 Å². The normalized spacial score (nSPS) is 12.8. The van der Waals surface area contributed by atoms with Gasteiger partial charge in [0.15, 0.2) is 9.84 Å². The van der Waals surface area contributed by atoms with E-state index in [1.54, 1.807) is 6.92 Å². The Balaban J connectivity index is 3.22. The van der Waals surface area contributed by atoms with Crippen molar-refractivity contribution in [1.29, 1.82) is 0 Å². The molecule has 1 rings (SSSR count). The number of anilines is 1. The van der Waals surface area contributed by atoms with Gasteiger partial charge in [-0.2, -0.15) is 0 Å². The highest BCUT2D eigenvalue weighted by molar-refractivity contribution is 7.90. The first kappa shape index (κ1) is 15.5. The molecule has 0 aliphatic rings. The van der Waals surface area contributed by atoms with Gasteiger partial charge < -0.3 is 15.2 Å². The van der Waals surface area contributed by atoms with Crippen LogP contribution >= 0.6 is 0 Å². The summed E-state index contributed by atoms with van der Waals surface area (Å²) in [4.78, 5) is 11.4. The lowest BCUT2D eigenvalue weighted by Gasteiger charge is -2.13. The molecule has 1 atom stereocenters. The second-order valence-corrected chi connectivity index (χ2v) is 6.19. The van der Waals surface area contributed by atoms with E-state index in [0.717, 1.165) is 6.26 Å². The SMILES string of the molecule is COC(=O)c1ccc(NC[C@H](C)O)c(S(C)(=O)=O)c1. The summed E-state index contributed by atoms with van der Waals surface area (Å²) in [6.07, 6.45) is 0.435. The minimum absolute atomic E-state index is 0.00366. The van der Waals surface area contributed by atoms with Crippen molar-refractivity contribution in [2.45, 2.75) is 17.9 Å². The summed E-state index contributed by atoms with van der Waals surface area (Å²) < 4.78 is 28.0. The van der Waals surface area contributed by atoms with Crippen LogP contribution in [0.2, 0.25) is 0 Å². The molecule has 106 valence electrons. The van der Waals surface area contributed by atoms with Gasteiger partial charge >= 0.3 is 5.97 Å². The summed E-state index contributed by atoms with van der Waals surface area (Å²) >= 11 is 0. The average Bonchev–Trinajstić information content (AvgIpc) is 2.34. The van der Waals surface area contributed by atoms with Crippen LogP contribution in [0.15, 0.2) is 23.1 Å². The van der Waals surface area contributed by atoms with Crippen LogP contribution in [0.4, 0.5) is 5.69 Å². The van der Waals surface area contributed by atoms with Crippen LogP contribution in [0.25, 0.3) is 0 Å². The van der Waals surface area contributed by atoms with E-state index < -0.39 is 21.9 Å². The number of carbonyl (C=O) groups excluding carboxylic acids is 1. The summed E-state index contributed by atoms with van der Waals surface area (Å²) in [6.45, 7) is 1.79. The maximum absolute atomic E-state index is 11.7. The molecule has 0 unspecified atom stereocenters. The monoisotopic (exact) mass is 287 g/mol. The van der Waals surface area contributed by atoms with Gasteiger partial charge in [-0.05, 0) is 25.1 Å². The summed E-state index contributed by atoms with van der Waals surface area (Å²) in [5, 5.41) is 12.0. The van der Waals surface area contributed by atoms with Gasteiger partial charge in [-0.25, -0.2) is 13.2 Å². The van der Waals surface area contributed by atoms with Crippen molar-refractivity contribution in [1.82, 2.24) is 0 Å². The number of hydrogen-bond acceptors (Lipinski definition) is 6. The first-order valence-corrected chi connectivity index (χ1v) is 7.49. The Kier molecular flexibility index (Phi) is 4.90. The maximum Gasteiger partial charge on any atom is 0.337 e. The number of hydrogen-bond donors (Lipinski definition) is 2. The fourth-order valence-corrected chi connectivity index (χ4v) is 2.36. The van der Waals surface area contributed by atoms with E-state index in [1.165, 1.54) is 25.3 Å². The quantitative estimate of drug-likeness (QED) is 0.773. The number of benzene rings is 1. The molecule has 0 aliphatic carbocycles. The van der Waals surface area contributed by atoms with Crippen LogP contribution < -0.4 is 5.32 Å². The van der Waals surface area contributed by atoms with Gasteiger partial charge in [0, 0.05) is 12.8 Å². The first-order chi connectivity index (χ1) is 8.75. The molecule has 0 fully saturated rings. The van der Waals surface area contributed by atoms with Gasteiger partial charge in [0.25, 0.3) is 0 Å². The first-order valence-electron chi connectivity index (χ1n) is 5.60. The highest BCUT2D eigenvalue weighted by Crippen LogP contribution is 2.23. The number of methoxy groups -OCH3 is 1. The topological polar surface area (TPSA) is 92.7 Å². The summed E-state index contributed by atoms with van der Waals surface area (Å²) in [5.74, 6) is -0.605. The van der Waals surface area contributed by atoms with E-state index in [9.17, 15) is 18.3 Å².